The fraction of sp³-hybridized carbons (Fsp3) is 0.462. The molecule has 0 bridgehead atoms. The lowest BCUT2D eigenvalue weighted by Gasteiger charge is -2.27. The number of hydrogen-bond donors (Lipinski definition) is 0. The number of carbonyl (C=O) groups excluding carboxylic acids is 1. The average molecular weight is 266 g/mol. The predicted octanol–water partition coefficient (Wildman–Crippen LogP) is 2.44. The third-order valence-electron chi connectivity index (χ3n) is 3.35. The van der Waals surface area contributed by atoms with Gasteiger partial charge >= 0.3 is 0 Å². The Morgan fingerprint density at radius 1 is 1.44 bits per heavy atom. The van der Waals surface area contributed by atoms with Crippen LogP contribution in [0, 0.1) is 0 Å². The summed E-state index contributed by atoms with van der Waals surface area (Å²) in [6.07, 6.45) is 3.47. The minimum atomic E-state index is -0.385. The molecule has 0 N–H and O–H groups in total. The maximum absolute atomic E-state index is 10.4. The van der Waals surface area contributed by atoms with Gasteiger partial charge in [-0.15, -0.1) is 0 Å². The molecule has 1 aromatic rings. The Balaban J connectivity index is 1.82. The molecule has 5 heteroatoms. The second-order valence-electron chi connectivity index (χ2n) is 4.66. The van der Waals surface area contributed by atoms with Crippen LogP contribution in [0.2, 0.25) is 5.02 Å². The van der Waals surface area contributed by atoms with E-state index in [9.17, 15) is 4.79 Å². The van der Waals surface area contributed by atoms with E-state index >= 15 is 0 Å². The van der Waals surface area contributed by atoms with Crippen LogP contribution in [0.25, 0.3) is 0 Å². The molecule has 0 unspecified atom stereocenters. The summed E-state index contributed by atoms with van der Waals surface area (Å²) in [5.74, 6) is 0.652. The van der Waals surface area contributed by atoms with Crippen LogP contribution in [-0.4, -0.2) is 25.4 Å². The fourth-order valence-electron chi connectivity index (χ4n) is 2.02. The number of hydrogen-bond acceptors (Lipinski definition) is 4. The first-order valence-corrected chi connectivity index (χ1v) is 6.25. The van der Waals surface area contributed by atoms with E-state index < -0.39 is 0 Å². The molecular formula is C13H12ClNO3. The smallest absolute Gasteiger partial charge is 0.235 e. The molecule has 4 nitrogen and oxygen atoms in total. The van der Waals surface area contributed by atoms with Crippen molar-refractivity contribution in [2.45, 2.75) is 24.5 Å². The third kappa shape index (κ3) is 2.03. The monoisotopic (exact) mass is 265 g/mol. The topological polar surface area (TPSA) is 47.9 Å². The molecule has 1 saturated carbocycles. The van der Waals surface area contributed by atoms with Crippen LogP contribution >= 0.6 is 11.6 Å². The van der Waals surface area contributed by atoms with E-state index in [-0.39, 0.29) is 11.6 Å². The van der Waals surface area contributed by atoms with E-state index in [0.29, 0.717) is 24.0 Å². The Morgan fingerprint density at radius 3 is 2.72 bits per heavy atom. The Hall–Kier alpha value is -1.35. The number of isocyanates is 1. The Morgan fingerprint density at radius 2 is 2.22 bits per heavy atom. The van der Waals surface area contributed by atoms with Crippen molar-refractivity contribution in [3.63, 3.8) is 0 Å². The highest BCUT2D eigenvalue weighted by Gasteiger charge is 2.45. The maximum atomic E-state index is 10.4. The SMILES string of the molecule is O=C=NC1(c2ccc(OC3COC3)c(Cl)c2)CC1. The van der Waals surface area contributed by atoms with Crippen molar-refractivity contribution in [1.29, 1.82) is 0 Å². The van der Waals surface area contributed by atoms with E-state index in [2.05, 4.69) is 4.99 Å². The van der Waals surface area contributed by atoms with Crippen LogP contribution in [-0.2, 0) is 15.1 Å². The molecule has 0 atom stereocenters. The molecule has 1 aliphatic heterocycles. The van der Waals surface area contributed by atoms with Gasteiger partial charge in [-0.2, -0.15) is 4.99 Å². The molecule has 0 amide bonds. The summed E-state index contributed by atoms with van der Waals surface area (Å²) in [4.78, 5) is 14.3. The molecule has 0 spiro atoms. The summed E-state index contributed by atoms with van der Waals surface area (Å²) in [7, 11) is 0. The van der Waals surface area contributed by atoms with Crippen molar-refractivity contribution in [2.24, 2.45) is 4.99 Å². The molecule has 18 heavy (non-hydrogen) atoms. The van der Waals surface area contributed by atoms with Gasteiger partial charge in [0.15, 0.2) is 0 Å². The lowest BCUT2D eigenvalue weighted by Crippen LogP contribution is -2.38. The number of nitrogens with zero attached hydrogens (tertiary/aromatic N) is 1. The highest BCUT2D eigenvalue weighted by atomic mass is 35.5. The van der Waals surface area contributed by atoms with Crippen LogP contribution in [0.1, 0.15) is 18.4 Å². The molecule has 94 valence electrons. The molecular weight excluding hydrogens is 254 g/mol. The van der Waals surface area contributed by atoms with Gasteiger partial charge in [-0.25, -0.2) is 4.79 Å². The van der Waals surface area contributed by atoms with E-state index in [0.717, 1.165) is 18.4 Å². The quantitative estimate of drug-likeness (QED) is 0.621. The van der Waals surface area contributed by atoms with Crippen LogP contribution < -0.4 is 4.74 Å². The van der Waals surface area contributed by atoms with E-state index in [1.165, 1.54) is 0 Å². The lowest BCUT2D eigenvalue weighted by atomic mass is 10.1. The molecule has 1 aliphatic carbocycles. The molecule has 1 heterocycles. The highest BCUT2D eigenvalue weighted by molar-refractivity contribution is 6.32. The van der Waals surface area contributed by atoms with Gasteiger partial charge in [-0.3, -0.25) is 0 Å². The van der Waals surface area contributed by atoms with Gasteiger partial charge in [-0.1, -0.05) is 17.7 Å². The second kappa shape index (κ2) is 4.39. The van der Waals surface area contributed by atoms with Crippen molar-refractivity contribution in [1.82, 2.24) is 0 Å². The van der Waals surface area contributed by atoms with Gasteiger partial charge in [0.1, 0.15) is 11.9 Å². The molecule has 1 aromatic carbocycles. The summed E-state index contributed by atoms with van der Waals surface area (Å²) >= 11 is 6.18. The number of aliphatic imine (C=N–C) groups is 1. The fourth-order valence-corrected chi connectivity index (χ4v) is 2.24. The predicted molar refractivity (Wildman–Crippen MR) is 65.7 cm³/mol. The summed E-state index contributed by atoms with van der Waals surface area (Å²) in [6, 6.07) is 5.56. The Kier molecular flexibility index (Phi) is 2.86. The van der Waals surface area contributed by atoms with Crippen molar-refractivity contribution in [3.8, 4) is 5.75 Å². The zero-order valence-electron chi connectivity index (χ0n) is 9.69. The molecule has 3 rings (SSSR count). The number of ether oxygens (including phenoxy) is 2. The summed E-state index contributed by atoms with van der Waals surface area (Å²) in [5.41, 5.74) is 0.566. The van der Waals surface area contributed by atoms with Crippen LogP contribution in [0.15, 0.2) is 23.2 Å². The summed E-state index contributed by atoms with van der Waals surface area (Å²) in [5, 5.41) is 0.548. The van der Waals surface area contributed by atoms with Crippen molar-refractivity contribution < 1.29 is 14.3 Å². The highest BCUT2D eigenvalue weighted by Crippen LogP contribution is 2.50. The second-order valence-corrected chi connectivity index (χ2v) is 5.06. The zero-order chi connectivity index (χ0) is 12.6. The van der Waals surface area contributed by atoms with E-state index in [4.69, 9.17) is 21.1 Å². The van der Waals surface area contributed by atoms with Crippen molar-refractivity contribution >= 4 is 17.7 Å². The zero-order valence-corrected chi connectivity index (χ0v) is 10.4. The van der Waals surface area contributed by atoms with Gasteiger partial charge in [0.2, 0.25) is 6.08 Å². The standard InChI is InChI=1S/C13H12ClNO3/c14-11-5-9(13(3-4-13)15-8-16)1-2-12(11)18-10-6-17-7-10/h1-2,5,10H,3-4,6-7H2. The van der Waals surface area contributed by atoms with E-state index in [1.807, 2.05) is 18.2 Å². The normalized spacial score (nSPS) is 20.7. The molecule has 2 fully saturated rings. The Labute approximate surface area is 110 Å². The first-order valence-electron chi connectivity index (χ1n) is 5.87. The number of halogens is 1. The largest absolute Gasteiger partial charge is 0.484 e. The van der Waals surface area contributed by atoms with Crippen LogP contribution in [0.5, 0.6) is 5.75 Å². The Bertz CT molecular complexity index is 517. The van der Waals surface area contributed by atoms with Crippen molar-refractivity contribution in [3.05, 3.63) is 28.8 Å². The van der Waals surface area contributed by atoms with Crippen LogP contribution in [0.3, 0.4) is 0 Å². The minimum absolute atomic E-state index is 0.0937. The lowest BCUT2D eigenvalue weighted by molar-refractivity contribution is -0.0796. The van der Waals surface area contributed by atoms with Gasteiger partial charge in [0.25, 0.3) is 0 Å². The molecule has 0 aromatic heterocycles. The molecule has 0 radical (unpaired) electrons. The van der Waals surface area contributed by atoms with Gasteiger partial charge in [0, 0.05) is 0 Å². The van der Waals surface area contributed by atoms with E-state index in [1.54, 1.807) is 6.08 Å². The molecule has 1 saturated heterocycles. The van der Waals surface area contributed by atoms with Crippen molar-refractivity contribution in [2.75, 3.05) is 13.2 Å². The first kappa shape index (κ1) is 11.7. The van der Waals surface area contributed by atoms with Gasteiger partial charge in [0.05, 0.1) is 23.8 Å². The summed E-state index contributed by atoms with van der Waals surface area (Å²) in [6.45, 7) is 1.22. The van der Waals surface area contributed by atoms with Crippen LogP contribution in [0.4, 0.5) is 0 Å². The van der Waals surface area contributed by atoms with Gasteiger partial charge < -0.3 is 9.47 Å². The maximum Gasteiger partial charge on any atom is 0.235 e. The first-order chi connectivity index (χ1) is 8.73. The number of rotatable bonds is 4. The summed E-state index contributed by atoms with van der Waals surface area (Å²) < 4.78 is 10.7. The molecule has 2 aliphatic rings. The average Bonchev–Trinajstić information content (AvgIpc) is 3.06. The van der Waals surface area contributed by atoms with Gasteiger partial charge in [-0.05, 0) is 30.5 Å². The number of benzene rings is 1. The third-order valence-corrected chi connectivity index (χ3v) is 3.65. The minimum Gasteiger partial charge on any atom is -0.484 e.